The Balaban J connectivity index is 1.76. The van der Waals surface area contributed by atoms with E-state index in [-0.39, 0.29) is 23.5 Å². The van der Waals surface area contributed by atoms with Gasteiger partial charge in [0.25, 0.3) is 5.91 Å². The quantitative estimate of drug-likeness (QED) is 0.888. The first-order chi connectivity index (χ1) is 11.3. The fourth-order valence-electron chi connectivity index (χ4n) is 2.52. The summed E-state index contributed by atoms with van der Waals surface area (Å²) in [5.74, 6) is -0.159. The van der Waals surface area contributed by atoms with E-state index in [9.17, 15) is 18.0 Å². The summed E-state index contributed by atoms with van der Waals surface area (Å²) < 4.78 is 38.8. The first-order valence-electron chi connectivity index (χ1n) is 7.35. The van der Waals surface area contributed by atoms with E-state index in [1.165, 1.54) is 12.3 Å². The smallest absolute Gasteiger partial charge is 0.336 e. The minimum absolute atomic E-state index is 0.0608. The molecule has 10 heteroatoms. The molecule has 1 saturated heterocycles. The molecule has 3 heterocycles. The maximum atomic E-state index is 12.5. The molecule has 0 unspecified atom stereocenters. The third-order valence-electron chi connectivity index (χ3n) is 3.77. The minimum atomic E-state index is -4.46. The average molecular weight is 340 g/mol. The summed E-state index contributed by atoms with van der Waals surface area (Å²) in [6.07, 6.45) is -0.713. The summed E-state index contributed by atoms with van der Waals surface area (Å²) in [6.45, 7) is 1.04. The molecular formula is C14H15F3N6O. The molecule has 0 bridgehead atoms. The van der Waals surface area contributed by atoms with E-state index < -0.39 is 11.7 Å². The highest BCUT2D eigenvalue weighted by molar-refractivity contribution is 5.92. The van der Waals surface area contributed by atoms with Gasteiger partial charge in [-0.1, -0.05) is 5.21 Å². The van der Waals surface area contributed by atoms with E-state index in [1.807, 2.05) is 0 Å². The van der Waals surface area contributed by atoms with Crippen LogP contribution in [0.15, 0.2) is 24.5 Å². The van der Waals surface area contributed by atoms with Crippen molar-refractivity contribution in [1.82, 2.24) is 24.9 Å². The summed E-state index contributed by atoms with van der Waals surface area (Å²) in [7, 11) is 0. The van der Waals surface area contributed by atoms with Crippen molar-refractivity contribution in [2.45, 2.75) is 25.1 Å². The Morgan fingerprint density at radius 3 is 2.75 bits per heavy atom. The first-order valence-corrected chi connectivity index (χ1v) is 7.35. The van der Waals surface area contributed by atoms with Crippen LogP contribution in [0.3, 0.4) is 0 Å². The van der Waals surface area contributed by atoms with Crippen molar-refractivity contribution in [1.29, 1.82) is 0 Å². The molecule has 0 saturated carbocycles. The second-order valence-corrected chi connectivity index (χ2v) is 5.60. The Labute approximate surface area is 135 Å². The second kappa shape index (κ2) is 6.19. The van der Waals surface area contributed by atoms with Gasteiger partial charge in [0.05, 0.1) is 11.8 Å². The van der Waals surface area contributed by atoms with Gasteiger partial charge in [-0.2, -0.15) is 13.2 Å². The van der Waals surface area contributed by atoms with Crippen LogP contribution in [0.2, 0.25) is 0 Å². The number of likely N-dealkylation sites (tertiary alicyclic amines) is 1. The largest absolute Gasteiger partial charge is 0.417 e. The lowest BCUT2D eigenvalue weighted by Crippen LogP contribution is -2.45. The molecule has 1 atom stereocenters. The van der Waals surface area contributed by atoms with Crippen molar-refractivity contribution in [2.75, 3.05) is 13.1 Å². The Morgan fingerprint density at radius 1 is 1.33 bits per heavy atom. The molecule has 2 aromatic heterocycles. The minimum Gasteiger partial charge on any atom is -0.336 e. The summed E-state index contributed by atoms with van der Waals surface area (Å²) in [4.78, 5) is 17.7. The van der Waals surface area contributed by atoms with Gasteiger partial charge in [-0.05, 0) is 25.0 Å². The van der Waals surface area contributed by atoms with Gasteiger partial charge in [0, 0.05) is 25.3 Å². The number of carbonyl (C=O) groups excluding carboxylic acids is 1. The number of rotatable bonds is 2. The normalized spacial score (nSPS) is 18.7. The fourth-order valence-corrected chi connectivity index (χ4v) is 2.52. The molecule has 3 rings (SSSR count). The molecule has 24 heavy (non-hydrogen) atoms. The lowest BCUT2D eigenvalue weighted by atomic mass is 10.1. The molecule has 128 valence electrons. The average Bonchev–Trinajstić information content (AvgIpc) is 3.03. The zero-order valence-electron chi connectivity index (χ0n) is 12.6. The number of halogens is 3. The molecule has 1 amide bonds. The van der Waals surface area contributed by atoms with Crippen LogP contribution < -0.4 is 5.73 Å². The first kappa shape index (κ1) is 16.4. The summed E-state index contributed by atoms with van der Waals surface area (Å²) in [6, 6.07) is 2.01. The van der Waals surface area contributed by atoms with Crippen LogP contribution in [-0.4, -0.2) is 49.9 Å². The van der Waals surface area contributed by atoms with Gasteiger partial charge in [0.2, 0.25) is 0 Å². The highest BCUT2D eigenvalue weighted by Crippen LogP contribution is 2.28. The molecular weight excluding hydrogens is 325 g/mol. The molecule has 0 aliphatic carbocycles. The van der Waals surface area contributed by atoms with Crippen molar-refractivity contribution in [3.63, 3.8) is 0 Å². The highest BCUT2D eigenvalue weighted by atomic mass is 19.4. The predicted octanol–water partition coefficient (Wildman–Crippen LogP) is 1.24. The monoisotopic (exact) mass is 340 g/mol. The Hall–Kier alpha value is -2.49. The number of carbonyl (C=O) groups is 1. The summed E-state index contributed by atoms with van der Waals surface area (Å²) in [5.41, 5.74) is 5.10. The van der Waals surface area contributed by atoms with Crippen molar-refractivity contribution < 1.29 is 18.0 Å². The number of hydrogen-bond donors (Lipinski definition) is 1. The van der Waals surface area contributed by atoms with Crippen LogP contribution in [0.25, 0.3) is 5.82 Å². The molecule has 1 aliphatic rings. The number of aromatic nitrogens is 4. The zero-order valence-corrected chi connectivity index (χ0v) is 12.6. The van der Waals surface area contributed by atoms with Crippen LogP contribution in [0.5, 0.6) is 0 Å². The van der Waals surface area contributed by atoms with Crippen molar-refractivity contribution in [3.05, 3.63) is 35.8 Å². The summed E-state index contributed by atoms with van der Waals surface area (Å²) in [5, 5.41) is 7.54. The third kappa shape index (κ3) is 3.37. The van der Waals surface area contributed by atoms with Crippen LogP contribution in [0.1, 0.15) is 28.9 Å². The van der Waals surface area contributed by atoms with Gasteiger partial charge >= 0.3 is 6.18 Å². The fraction of sp³-hybridized carbons (Fsp3) is 0.429. The second-order valence-electron chi connectivity index (χ2n) is 5.60. The number of hydrogen-bond acceptors (Lipinski definition) is 5. The number of nitrogens with zero attached hydrogens (tertiary/aromatic N) is 5. The molecule has 7 nitrogen and oxygen atoms in total. The van der Waals surface area contributed by atoms with Crippen LogP contribution in [0, 0.1) is 0 Å². The maximum absolute atomic E-state index is 12.5. The van der Waals surface area contributed by atoms with Crippen LogP contribution in [-0.2, 0) is 6.18 Å². The molecule has 2 aromatic rings. The van der Waals surface area contributed by atoms with E-state index in [0.29, 0.717) is 19.3 Å². The van der Waals surface area contributed by atoms with E-state index in [4.69, 9.17) is 5.73 Å². The van der Waals surface area contributed by atoms with Gasteiger partial charge in [0.1, 0.15) is 0 Å². The third-order valence-corrected chi connectivity index (χ3v) is 3.77. The zero-order chi connectivity index (χ0) is 17.3. The maximum Gasteiger partial charge on any atom is 0.417 e. The van der Waals surface area contributed by atoms with Gasteiger partial charge in [-0.3, -0.25) is 4.79 Å². The topological polar surface area (TPSA) is 89.9 Å². The number of alkyl halides is 3. The molecule has 0 radical (unpaired) electrons. The van der Waals surface area contributed by atoms with Crippen molar-refractivity contribution >= 4 is 5.91 Å². The standard InChI is InChI=1S/C14H15F3N6O/c15-14(16,17)9-3-4-12(19-6-9)23-8-11(20-21-23)13(24)22-5-1-2-10(18)7-22/h3-4,6,8,10H,1-2,5,7,18H2/t10-/m1/s1. The van der Waals surface area contributed by atoms with Gasteiger partial charge in [0.15, 0.2) is 11.5 Å². The lowest BCUT2D eigenvalue weighted by molar-refractivity contribution is -0.137. The number of pyridine rings is 1. The highest BCUT2D eigenvalue weighted by Gasteiger charge is 2.31. The number of nitrogens with two attached hydrogens (primary N) is 1. The lowest BCUT2D eigenvalue weighted by Gasteiger charge is -2.29. The Bertz CT molecular complexity index is 727. The van der Waals surface area contributed by atoms with E-state index in [0.717, 1.165) is 23.6 Å². The van der Waals surface area contributed by atoms with Gasteiger partial charge < -0.3 is 10.6 Å². The molecule has 0 spiro atoms. The van der Waals surface area contributed by atoms with Crippen LogP contribution in [0.4, 0.5) is 13.2 Å². The van der Waals surface area contributed by atoms with Crippen LogP contribution >= 0.6 is 0 Å². The molecule has 1 aliphatic heterocycles. The van der Waals surface area contributed by atoms with Gasteiger partial charge in [-0.25, -0.2) is 9.67 Å². The number of amides is 1. The molecule has 1 fully saturated rings. The molecule has 2 N–H and O–H groups in total. The Kier molecular flexibility index (Phi) is 4.22. The van der Waals surface area contributed by atoms with E-state index >= 15 is 0 Å². The SMILES string of the molecule is N[C@@H]1CCCN(C(=O)c2cn(-c3ccc(C(F)(F)F)cn3)nn2)C1. The Morgan fingerprint density at radius 2 is 2.12 bits per heavy atom. The van der Waals surface area contributed by atoms with E-state index in [2.05, 4.69) is 15.3 Å². The van der Waals surface area contributed by atoms with Crippen molar-refractivity contribution in [3.8, 4) is 5.82 Å². The van der Waals surface area contributed by atoms with E-state index in [1.54, 1.807) is 4.90 Å². The predicted molar refractivity (Wildman–Crippen MR) is 77.3 cm³/mol. The van der Waals surface area contributed by atoms with Crippen molar-refractivity contribution in [2.24, 2.45) is 5.73 Å². The van der Waals surface area contributed by atoms with Gasteiger partial charge in [-0.15, -0.1) is 5.10 Å². The molecule has 0 aromatic carbocycles. The summed E-state index contributed by atoms with van der Waals surface area (Å²) >= 11 is 0. The number of piperidine rings is 1.